The van der Waals surface area contributed by atoms with Crippen LogP contribution in [0.25, 0.3) is 10.9 Å². The number of carbonyl (C=O) groups is 1. The van der Waals surface area contributed by atoms with Crippen LogP contribution in [-0.4, -0.2) is 30.5 Å². The first-order valence-corrected chi connectivity index (χ1v) is 7.07. The Morgan fingerprint density at radius 2 is 2.25 bits per heavy atom. The van der Waals surface area contributed by atoms with Crippen molar-refractivity contribution in [2.24, 2.45) is 0 Å². The van der Waals surface area contributed by atoms with Gasteiger partial charge in [0, 0.05) is 35.8 Å². The molecular weight excluding hydrogens is 250 g/mol. The topological polar surface area (TPSA) is 56.9 Å². The third-order valence-electron chi connectivity index (χ3n) is 3.73. The van der Waals surface area contributed by atoms with Crippen LogP contribution in [0.1, 0.15) is 23.2 Å². The fourth-order valence-electron chi connectivity index (χ4n) is 2.61. The molecule has 2 aromatic rings. The minimum Gasteiger partial charge on any atom is -0.361 e. The van der Waals surface area contributed by atoms with Gasteiger partial charge in [0.1, 0.15) is 0 Å². The summed E-state index contributed by atoms with van der Waals surface area (Å²) in [5, 5.41) is 7.28. The molecule has 0 saturated carbocycles. The molecule has 1 aromatic carbocycles. The van der Waals surface area contributed by atoms with Gasteiger partial charge in [0.25, 0.3) is 5.91 Å². The molecule has 0 radical (unpaired) electrons. The summed E-state index contributed by atoms with van der Waals surface area (Å²) in [4.78, 5) is 15.4. The Morgan fingerprint density at radius 3 is 3.10 bits per heavy atom. The van der Waals surface area contributed by atoms with Gasteiger partial charge in [0.05, 0.1) is 0 Å². The lowest BCUT2D eigenvalue weighted by molar-refractivity contribution is 0.0955. The molecule has 3 rings (SSSR count). The van der Waals surface area contributed by atoms with Gasteiger partial charge >= 0.3 is 0 Å². The van der Waals surface area contributed by atoms with Crippen molar-refractivity contribution in [1.82, 2.24) is 15.6 Å². The molecule has 3 N–H and O–H groups in total. The van der Waals surface area contributed by atoms with Gasteiger partial charge in [-0.1, -0.05) is 17.7 Å². The Labute approximate surface area is 118 Å². The lowest BCUT2D eigenvalue weighted by Gasteiger charge is -2.14. The molecule has 0 saturated heterocycles. The highest BCUT2D eigenvalue weighted by Gasteiger charge is 2.10. The molecule has 2 heterocycles. The van der Waals surface area contributed by atoms with Crippen molar-refractivity contribution in [3.8, 4) is 0 Å². The number of amides is 1. The Balaban J connectivity index is 1.61. The lowest BCUT2D eigenvalue weighted by Crippen LogP contribution is -2.26. The zero-order valence-electron chi connectivity index (χ0n) is 11.4. The van der Waals surface area contributed by atoms with Crippen LogP contribution in [0.15, 0.2) is 42.1 Å². The van der Waals surface area contributed by atoms with E-state index in [1.165, 1.54) is 5.57 Å². The van der Waals surface area contributed by atoms with E-state index >= 15 is 0 Å². The average Bonchev–Trinajstić information content (AvgIpc) is 2.96. The zero-order valence-corrected chi connectivity index (χ0v) is 11.4. The summed E-state index contributed by atoms with van der Waals surface area (Å²) in [7, 11) is 0. The number of hydrogen-bond donors (Lipinski definition) is 3. The summed E-state index contributed by atoms with van der Waals surface area (Å²) in [6, 6.07) is 7.70. The molecule has 0 unspecified atom stereocenters. The van der Waals surface area contributed by atoms with Gasteiger partial charge in [-0.25, -0.2) is 0 Å². The van der Waals surface area contributed by atoms with Crippen LogP contribution in [0.4, 0.5) is 0 Å². The van der Waals surface area contributed by atoms with Crippen molar-refractivity contribution in [3.63, 3.8) is 0 Å². The van der Waals surface area contributed by atoms with E-state index in [4.69, 9.17) is 0 Å². The second kappa shape index (κ2) is 5.92. The Kier molecular flexibility index (Phi) is 3.83. The minimum absolute atomic E-state index is 0.00438. The van der Waals surface area contributed by atoms with Crippen molar-refractivity contribution in [3.05, 3.63) is 47.7 Å². The molecular formula is C16H19N3O. The van der Waals surface area contributed by atoms with Crippen LogP contribution in [0.2, 0.25) is 0 Å². The van der Waals surface area contributed by atoms with Crippen molar-refractivity contribution in [1.29, 1.82) is 0 Å². The summed E-state index contributed by atoms with van der Waals surface area (Å²) in [5.74, 6) is 0.00438. The van der Waals surface area contributed by atoms with Crippen LogP contribution in [0.3, 0.4) is 0 Å². The summed E-state index contributed by atoms with van der Waals surface area (Å²) in [5.41, 5.74) is 3.17. The van der Waals surface area contributed by atoms with E-state index in [9.17, 15) is 4.79 Å². The van der Waals surface area contributed by atoms with E-state index in [1.807, 2.05) is 30.5 Å². The van der Waals surface area contributed by atoms with Crippen LogP contribution in [-0.2, 0) is 0 Å². The van der Waals surface area contributed by atoms with Gasteiger partial charge < -0.3 is 15.6 Å². The fourth-order valence-corrected chi connectivity index (χ4v) is 2.61. The van der Waals surface area contributed by atoms with E-state index in [0.717, 1.165) is 42.4 Å². The van der Waals surface area contributed by atoms with Crippen LogP contribution < -0.4 is 10.6 Å². The average molecular weight is 269 g/mol. The first kappa shape index (κ1) is 12.9. The maximum Gasteiger partial charge on any atom is 0.251 e. The van der Waals surface area contributed by atoms with Crippen LogP contribution >= 0.6 is 0 Å². The molecule has 0 aliphatic carbocycles. The van der Waals surface area contributed by atoms with Gasteiger partial charge in [0.15, 0.2) is 0 Å². The number of benzene rings is 1. The van der Waals surface area contributed by atoms with Gasteiger partial charge in [-0.15, -0.1) is 0 Å². The molecule has 4 heteroatoms. The summed E-state index contributed by atoms with van der Waals surface area (Å²) >= 11 is 0. The first-order chi connectivity index (χ1) is 9.84. The molecule has 0 spiro atoms. The van der Waals surface area contributed by atoms with Crippen molar-refractivity contribution >= 4 is 16.8 Å². The quantitative estimate of drug-likeness (QED) is 0.745. The number of fused-ring (bicyclic) bond motifs is 1. The molecule has 20 heavy (non-hydrogen) atoms. The van der Waals surface area contributed by atoms with E-state index in [2.05, 4.69) is 21.7 Å². The van der Waals surface area contributed by atoms with Crippen molar-refractivity contribution < 1.29 is 4.79 Å². The Bertz CT molecular complexity index is 642. The minimum atomic E-state index is 0.00438. The Hall–Kier alpha value is -2.07. The number of H-pyrrole nitrogens is 1. The number of aromatic nitrogens is 1. The summed E-state index contributed by atoms with van der Waals surface area (Å²) in [6.45, 7) is 2.69. The first-order valence-electron chi connectivity index (χ1n) is 7.07. The van der Waals surface area contributed by atoms with E-state index < -0.39 is 0 Å². The number of rotatable bonds is 4. The standard InChI is InChI=1S/C16H19N3O/c20-16(19-10-6-12-4-8-17-9-5-12)14-2-1-3-15-13(14)7-11-18-15/h1-4,7,11,17-18H,5-6,8-10H2,(H,19,20). The highest BCUT2D eigenvalue weighted by Crippen LogP contribution is 2.17. The predicted octanol–water partition coefficient (Wildman–Crippen LogP) is 2.21. The number of nitrogens with one attached hydrogen (secondary N) is 3. The fraction of sp³-hybridized carbons (Fsp3) is 0.312. The van der Waals surface area contributed by atoms with Gasteiger partial charge in [-0.3, -0.25) is 4.79 Å². The van der Waals surface area contributed by atoms with Gasteiger partial charge in [-0.05, 0) is 37.6 Å². The van der Waals surface area contributed by atoms with Crippen LogP contribution in [0, 0.1) is 0 Å². The molecule has 1 amide bonds. The van der Waals surface area contributed by atoms with E-state index in [1.54, 1.807) is 0 Å². The molecule has 0 fully saturated rings. The summed E-state index contributed by atoms with van der Waals surface area (Å²) in [6.07, 6.45) is 6.11. The normalized spacial score (nSPS) is 15.1. The molecule has 0 bridgehead atoms. The number of carbonyl (C=O) groups excluding carboxylic acids is 1. The van der Waals surface area contributed by atoms with Crippen LogP contribution in [0.5, 0.6) is 0 Å². The maximum atomic E-state index is 12.2. The van der Waals surface area contributed by atoms with E-state index in [0.29, 0.717) is 6.54 Å². The predicted molar refractivity (Wildman–Crippen MR) is 80.8 cm³/mol. The monoisotopic (exact) mass is 269 g/mol. The molecule has 1 aliphatic heterocycles. The van der Waals surface area contributed by atoms with Crippen molar-refractivity contribution in [2.75, 3.05) is 19.6 Å². The SMILES string of the molecule is O=C(NCCC1=CCNCC1)c1cccc2[nH]ccc12. The highest BCUT2D eigenvalue weighted by atomic mass is 16.1. The molecule has 1 aromatic heterocycles. The molecule has 104 valence electrons. The third kappa shape index (κ3) is 2.75. The Morgan fingerprint density at radius 1 is 1.30 bits per heavy atom. The summed E-state index contributed by atoms with van der Waals surface area (Å²) < 4.78 is 0. The van der Waals surface area contributed by atoms with Gasteiger partial charge in [0.2, 0.25) is 0 Å². The second-order valence-corrected chi connectivity index (χ2v) is 5.07. The van der Waals surface area contributed by atoms with Gasteiger partial charge in [-0.2, -0.15) is 0 Å². The highest BCUT2D eigenvalue weighted by molar-refractivity contribution is 6.06. The third-order valence-corrected chi connectivity index (χ3v) is 3.73. The zero-order chi connectivity index (χ0) is 13.8. The molecule has 0 atom stereocenters. The largest absolute Gasteiger partial charge is 0.361 e. The maximum absolute atomic E-state index is 12.2. The molecule has 4 nitrogen and oxygen atoms in total. The molecule has 1 aliphatic rings. The number of hydrogen-bond acceptors (Lipinski definition) is 2. The number of aromatic amines is 1. The second-order valence-electron chi connectivity index (χ2n) is 5.07. The smallest absolute Gasteiger partial charge is 0.251 e. The van der Waals surface area contributed by atoms with E-state index in [-0.39, 0.29) is 5.91 Å². The lowest BCUT2D eigenvalue weighted by atomic mass is 10.1. The van der Waals surface area contributed by atoms with Crippen molar-refractivity contribution in [2.45, 2.75) is 12.8 Å².